The number of hydrogen-bond donors (Lipinski definition) is 2. The van der Waals surface area contributed by atoms with Crippen LogP contribution in [0, 0.1) is 17.3 Å². The Morgan fingerprint density at radius 2 is 1.80 bits per heavy atom. The molecule has 1 saturated heterocycles. The van der Waals surface area contributed by atoms with E-state index >= 15 is 0 Å². The highest BCUT2D eigenvalue weighted by Crippen LogP contribution is 2.60. The highest BCUT2D eigenvalue weighted by atomic mass is 14.9. The molecule has 15 heavy (non-hydrogen) atoms. The Labute approximate surface area is 93.2 Å². The van der Waals surface area contributed by atoms with E-state index in [9.17, 15) is 0 Å². The molecule has 0 aromatic heterocycles. The van der Waals surface area contributed by atoms with Crippen LogP contribution in [0.1, 0.15) is 38.5 Å². The quantitative estimate of drug-likeness (QED) is 0.719. The molecule has 0 spiro atoms. The molecule has 3 rings (SSSR count). The van der Waals surface area contributed by atoms with Crippen LogP contribution in [0.5, 0.6) is 0 Å². The average molecular weight is 208 g/mol. The van der Waals surface area contributed by atoms with Gasteiger partial charge in [-0.25, -0.2) is 0 Å². The maximum atomic E-state index is 3.75. The largest absolute Gasteiger partial charge is 0.317 e. The molecule has 3 aliphatic rings. The topological polar surface area (TPSA) is 24.1 Å². The molecule has 2 heteroatoms. The lowest BCUT2D eigenvalue weighted by atomic mass is 9.96. The van der Waals surface area contributed by atoms with E-state index in [1.807, 2.05) is 0 Å². The van der Waals surface area contributed by atoms with Crippen LogP contribution < -0.4 is 10.6 Å². The Morgan fingerprint density at radius 1 is 1.07 bits per heavy atom. The van der Waals surface area contributed by atoms with Crippen LogP contribution >= 0.6 is 0 Å². The second-order valence-corrected chi connectivity index (χ2v) is 5.96. The van der Waals surface area contributed by atoms with Gasteiger partial charge in [0.05, 0.1) is 0 Å². The molecule has 3 fully saturated rings. The molecule has 0 bridgehead atoms. The standard InChI is InChI=1S/C13H24N2/c1-2-12(1)13(5-6-13)10-15-9-11-3-7-14-8-4-11/h11-12,14-15H,1-10H2. The minimum Gasteiger partial charge on any atom is -0.317 e. The summed E-state index contributed by atoms with van der Waals surface area (Å²) >= 11 is 0. The Balaban J connectivity index is 1.35. The third-order valence-corrected chi connectivity index (χ3v) is 4.70. The molecule has 0 aromatic carbocycles. The van der Waals surface area contributed by atoms with Crippen molar-refractivity contribution in [3.05, 3.63) is 0 Å². The third kappa shape index (κ3) is 2.36. The fraction of sp³-hybridized carbons (Fsp3) is 1.00. The van der Waals surface area contributed by atoms with Gasteiger partial charge in [-0.3, -0.25) is 0 Å². The molecule has 1 heterocycles. The van der Waals surface area contributed by atoms with Crippen molar-refractivity contribution in [3.8, 4) is 0 Å². The van der Waals surface area contributed by atoms with Gasteiger partial charge < -0.3 is 10.6 Å². The normalized spacial score (nSPS) is 30.4. The molecule has 0 amide bonds. The van der Waals surface area contributed by atoms with E-state index in [0.717, 1.165) is 17.3 Å². The fourth-order valence-corrected chi connectivity index (χ4v) is 3.20. The summed E-state index contributed by atoms with van der Waals surface area (Å²) in [5, 5.41) is 7.19. The summed E-state index contributed by atoms with van der Waals surface area (Å²) in [6.45, 7) is 5.07. The zero-order valence-corrected chi connectivity index (χ0v) is 9.73. The predicted octanol–water partition coefficient (Wildman–Crippen LogP) is 1.77. The van der Waals surface area contributed by atoms with Gasteiger partial charge in [-0.15, -0.1) is 0 Å². The zero-order chi connectivity index (χ0) is 10.1. The lowest BCUT2D eigenvalue weighted by Crippen LogP contribution is -2.36. The van der Waals surface area contributed by atoms with E-state index in [1.54, 1.807) is 0 Å². The first-order chi connectivity index (χ1) is 7.39. The minimum atomic E-state index is 0.785. The molecular formula is C13H24N2. The molecule has 86 valence electrons. The van der Waals surface area contributed by atoms with E-state index in [0.29, 0.717) is 0 Å². The Hall–Kier alpha value is -0.0800. The highest BCUT2D eigenvalue weighted by molar-refractivity contribution is 5.05. The van der Waals surface area contributed by atoms with Gasteiger partial charge >= 0.3 is 0 Å². The average Bonchev–Trinajstić information content (AvgIpc) is 3.14. The Bertz CT molecular complexity index is 213. The number of piperidine rings is 1. The molecule has 1 aliphatic heterocycles. The van der Waals surface area contributed by atoms with Gasteiger partial charge in [0.1, 0.15) is 0 Å². The molecule has 0 atom stereocenters. The summed E-state index contributed by atoms with van der Waals surface area (Å²) in [6, 6.07) is 0. The predicted molar refractivity (Wildman–Crippen MR) is 62.9 cm³/mol. The van der Waals surface area contributed by atoms with Crippen LogP contribution in [0.2, 0.25) is 0 Å². The second kappa shape index (κ2) is 4.06. The molecular weight excluding hydrogens is 184 g/mol. The fourth-order valence-electron chi connectivity index (χ4n) is 3.20. The zero-order valence-electron chi connectivity index (χ0n) is 9.73. The van der Waals surface area contributed by atoms with Gasteiger partial charge in [-0.05, 0) is 75.4 Å². The summed E-state index contributed by atoms with van der Waals surface area (Å²) in [5.41, 5.74) is 0.785. The van der Waals surface area contributed by atoms with E-state index in [4.69, 9.17) is 0 Å². The van der Waals surface area contributed by atoms with Crippen molar-refractivity contribution in [2.45, 2.75) is 38.5 Å². The van der Waals surface area contributed by atoms with Crippen molar-refractivity contribution in [1.29, 1.82) is 0 Å². The SMILES string of the molecule is C1CC(CNCC2(C3CC3)CC2)CCN1. The summed E-state index contributed by atoms with van der Waals surface area (Å²) in [6.07, 6.45) is 8.82. The lowest BCUT2D eigenvalue weighted by molar-refractivity contribution is 0.329. The van der Waals surface area contributed by atoms with Crippen LogP contribution in [0.25, 0.3) is 0 Å². The van der Waals surface area contributed by atoms with Crippen LogP contribution in [-0.2, 0) is 0 Å². The molecule has 0 unspecified atom stereocenters. The van der Waals surface area contributed by atoms with Crippen LogP contribution in [-0.4, -0.2) is 26.2 Å². The smallest absolute Gasteiger partial charge is 0.00106 e. The first-order valence-electron chi connectivity index (χ1n) is 6.80. The van der Waals surface area contributed by atoms with Gasteiger partial charge in [0, 0.05) is 6.54 Å². The monoisotopic (exact) mass is 208 g/mol. The molecule has 2 saturated carbocycles. The van der Waals surface area contributed by atoms with Gasteiger partial charge in [-0.2, -0.15) is 0 Å². The van der Waals surface area contributed by atoms with E-state index in [2.05, 4.69) is 10.6 Å². The van der Waals surface area contributed by atoms with Gasteiger partial charge in [0.25, 0.3) is 0 Å². The maximum absolute atomic E-state index is 3.75. The van der Waals surface area contributed by atoms with Crippen molar-refractivity contribution in [2.75, 3.05) is 26.2 Å². The van der Waals surface area contributed by atoms with E-state index in [1.165, 1.54) is 64.7 Å². The molecule has 2 aliphatic carbocycles. The summed E-state index contributed by atoms with van der Waals surface area (Å²) in [5.74, 6) is 2.05. The minimum absolute atomic E-state index is 0.785. The maximum Gasteiger partial charge on any atom is 0.00106 e. The molecule has 0 aromatic rings. The van der Waals surface area contributed by atoms with Crippen LogP contribution in [0.4, 0.5) is 0 Å². The summed E-state index contributed by atoms with van der Waals surface area (Å²) in [4.78, 5) is 0. The number of nitrogens with one attached hydrogen (secondary N) is 2. The van der Waals surface area contributed by atoms with Gasteiger partial charge in [0.2, 0.25) is 0 Å². The van der Waals surface area contributed by atoms with Gasteiger partial charge in [0.15, 0.2) is 0 Å². The number of rotatable bonds is 5. The highest BCUT2D eigenvalue weighted by Gasteiger charge is 2.53. The van der Waals surface area contributed by atoms with Crippen molar-refractivity contribution in [1.82, 2.24) is 10.6 Å². The lowest BCUT2D eigenvalue weighted by Gasteiger charge is -2.24. The van der Waals surface area contributed by atoms with Gasteiger partial charge in [-0.1, -0.05) is 0 Å². The molecule has 2 nitrogen and oxygen atoms in total. The van der Waals surface area contributed by atoms with E-state index < -0.39 is 0 Å². The Kier molecular flexibility index (Phi) is 2.73. The molecule has 2 N–H and O–H groups in total. The Morgan fingerprint density at radius 3 is 2.40 bits per heavy atom. The number of hydrogen-bond acceptors (Lipinski definition) is 2. The second-order valence-electron chi connectivity index (χ2n) is 5.96. The van der Waals surface area contributed by atoms with E-state index in [-0.39, 0.29) is 0 Å². The van der Waals surface area contributed by atoms with Crippen molar-refractivity contribution in [2.24, 2.45) is 17.3 Å². The first-order valence-corrected chi connectivity index (χ1v) is 6.80. The first kappa shape index (κ1) is 10.1. The third-order valence-electron chi connectivity index (χ3n) is 4.70. The summed E-state index contributed by atoms with van der Waals surface area (Å²) in [7, 11) is 0. The van der Waals surface area contributed by atoms with Crippen molar-refractivity contribution < 1.29 is 0 Å². The van der Waals surface area contributed by atoms with Crippen LogP contribution in [0.3, 0.4) is 0 Å². The van der Waals surface area contributed by atoms with Crippen molar-refractivity contribution >= 4 is 0 Å². The van der Waals surface area contributed by atoms with Crippen LogP contribution in [0.15, 0.2) is 0 Å². The molecule has 0 radical (unpaired) electrons. The summed E-state index contributed by atoms with van der Waals surface area (Å²) < 4.78 is 0. The van der Waals surface area contributed by atoms with Crippen molar-refractivity contribution in [3.63, 3.8) is 0 Å².